The zero-order chi connectivity index (χ0) is 38.9. The number of nitrogens with zero attached hydrogens (tertiary/aromatic N) is 1. The van der Waals surface area contributed by atoms with E-state index in [4.69, 9.17) is 23.6 Å². The number of methoxy groups -OCH3 is 1. The number of ether oxygens (including phenoxy) is 2. The number of nitrogens with one attached hydrogen (secondary N) is 3. The van der Waals surface area contributed by atoms with E-state index in [1.807, 2.05) is 6.92 Å². The van der Waals surface area contributed by atoms with Gasteiger partial charge in [-0.2, -0.15) is 5.06 Å². The molecule has 0 bridgehead atoms. The van der Waals surface area contributed by atoms with Crippen LogP contribution in [0.2, 0.25) is 0 Å². The Morgan fingerprint density at radius 3 is 2.36 bits per heavy atom. The molecule has 0 spiro atoms. The van der Waals surface area contributed by atoms with Crippen LogP contribution >= 0.6 is 8.25 Å². The first-order valence-corrected chi connectivity index (χ1v) is 18.2. The smallest absolute Gasteiger partial charge is 0.497 e. The lowest BCUT2D eigenvalue weighted by molar-refractivity contribution is -0.171. The number of benzene rings is 2. The van der Waals surface area contributed by atoms with Crippen LogP contribution in [0.3, 0.4) is 0 Å². The average molecular weight is 758 g/mol. The van der Waals surface area contributed by atoms with Gasteiger partial charge in [0.25, 0.3) is 11.8 Å². The van der Waals surface area contributed by atoms with Gasteiger partial charge in [-0.05, 0) is 74.7 Å². The van der Waals surface area contributed by atoms with E-state index in [1.54, 1.807) is 51.1 Å². The van der Waals surface area contributed by atoms with Gasteiger partial charge in [-0.25, -0.2) is 4.79 Å². The second kappa shape index (κ2) is 21.3. The van der Waals surface area contributed by atoms with Crippen LogP contribution in [0.1, 0.15) is 89.7 Å². The highest BCUT2D eigenvalue weighted by atomic mass is 31.1. The second-order valence-corrected chi connectivity index (χ2v) is 12.4. The monoisotopic (exact) mass is 757 g/mol. The van der Waals surface area contributed by atoms with Gasteiger partial charge in [0, 0.05) is 10.1 Å². The standard InChI is InChI=1S/C36H45N4O12P/c1-6-9-10-11-27(29(7-2)40(22-41)52-36(45)26-15-13-25(48-5)18-23(26)4)33(42)37-20-38-35(44)31-17-16-30(51-31)24-12-14-28(32(19-24)49-8-3)34(43)39-21-50-53(46)47/h12-19,22,27,29H,6-11,20-21H2,1-5H3,(H3-,37,38,39,42,43,44,46,47)/p+1. The van der Waals surface area contributed by atoms with Crippen LogP contribution in [-0.4, -0.2) is 73.2 Å². The maximum atomic E-state index is 13.5. The van der Waals surface area contributed by atoms with E-state index in [2.05, 4.69) is 20.5 Å². The minimum absolute atomic E-state index is 0.0527. The van der Waals surface area contributed by atoms with Crippen LogP contribution in [0.25, 0.3) is 11.3 Å². The van der Waals surface area contributed by atoms with Crippen molar-refractivity contribution in [2.45, 2.75) is 65.8 Å². The Bertz CT molecular complexity index is 1750. The highest BCUT2D eigenvalue weighted by Crippen LogP contribution is 2.29. The van der Waals surface area contributed by atoms with Gasteiger partial charge in [-0.3, -0.25) is 19.2 Å². The zero-order valence-corrected chi connectivity index (χ0v) is 31.2. The van der Waals surface area contributed by atoms with Crippen molar-refractivity contribution in [1.82, 2.24) is 21.0 Å². The number of unbranched alkanes of at least 4 members (excludes halogenated alkanes) is 2. The molecular formula is C36H46N4O12P+. The van der Waals surface area contributed by atoms with Crippen LogP contribution < -0.4 is 25.4 Å². The van der Waals surface area contributed by atoms with Crippen molar-refractivity contribution in [3.63, 3.8) is 0 Å². The summed E-state index contributed by atoms with van der Waals surface area (Å²) in [7, 11) is -1.37. The van der Waals surface area contributed by atoms with Crippen molar-refractivity contribution in [2.24, 2.45) is 5.92 Å². The molecule has 0 aliphatic heterocycles. The summed E-state index contributed by atoms with van der Waals surface area (Å²) in [6.07, 6.45) is 3.51. The highest BCUT2D eigenvalue weighted by molar-refractivity contribution is 7.32. The van der Waals surface area contributed by atoms with E-state index >= 15 is 0 Å². The van der Waals surface area contributed by atoms with E-state index < -0.39 is 50.6 Å². The van der Waals surface area contributed by atoms with Gasteiger partial charge < -0.3 is 34.7 Å². The summed E-state index contributed by atoms with van der Waals surface area (Å²) in [5.74, 6) is -2.17. The summed E-state index contributed by atoms with van der Waals surface area (Å²) in [5.41, 5.74) is 1.47. The molecule has 0 saturated carbocycles. The van der Waals surface area contributed by atoms with Crippen molar-refractivity contribution in [2.75, 3.05) is 27.1 Å². The van der Waals surface area contributed by atoms with Crippen LogP contribution in [-0.2, 0) is 23.5 Å². The summed E-state index contributed by atoms with van der Waals surface area (Å²) in [6.45, 7) is 6.75. The van der Waals surface area contributed by atoms with Crippen molar-refractivity contribution in [1.29, 1.82) is 0 Å². The Kier molecular flexibility index (Phi) is 16.9. The molecule has 3 rings (SSSR count). The number of hydrogen-bond acceptors (Lipinski definition) is 11. The lowest BCUT2D eigenvalue weighted by Gasteiger charge is -2.32. The van der Waals surface area contributed by atoms with E-state index in [0.29, 0.717) is 48.3 Å². The predicted octanol–water partition coefficient (Wildman–Crippen LogP) is 5.02. The molecular weight excluding hydrogens is 711 g/mol. The van der Waals surface area contributed by atoms with E-state index in [9.17, 15) is 28.5 Å². The lowest BCUT2D eigenvalue weighted by atomic mass is 9.90. The quantitative estimate of drug-likeness (QED) is 0.0350. The summed E-state index contributed by atoms with van der Waals surface area (Å²) in [4.78, 5) is 78.6. The van der Waals surface area contributed by atoms with E-state index in [1.165, 1.54) is 25.3 Å². The predicted molar refractivity (Wildman–Crippen MR) is 192 cm³/mol. The SMILES string of the molecule is CCCCCC(C(=O)NCNC(=O)c1ccc(-c2ccc(C(=O)NCO[P+](=O)O)c(OCC)c2)o1)C(CC)N(C=O)OC(=O)c1ccc(OC)cc1C. The van der Waals surface area contributed by atoms with Crippen LogP contribution in [0.15, 0.2) is 52.9 Å². The third-order valence-electron chi connectivity index (χ3n) is 8.17. The maximum Gasteiger partial charge on any atom is 0.696 e. The summed E-state index contributed by atoms with van der Waals surface area (Å²) < 4.78 is 31.8. The largest absolute Gasteiger partial charge is 0.696 e. The number of hydroxylamine groups is 2. The van der Waals surface area contributed by atoms with E-state index in [0.717, 1.165) is 17.9 Å². The van der Waals surface area contributed by atoms with Gasteiger partial charge in [-0.15, -0.1) is 4.89 Å². The molecule has 3 atom stereocenters. The van der Waals surface area contributed by atoms with Gasteiger partial charge in [0.05, 0.1) is 43.5 Å². The number of hydrogen-bond donors (Lipinski definition) is 4. The fourth-order valence-electron chi connectivity index (χ4n) is 5.49. The van der Waals surface area contributed by atoms with Gasteiger partial charge in [0.1, 0.15) is 17.3 Å². The molecule has 0 radical (unpaired) electrons. The van der Waals surface area contributed by atoms with Crippen molar-refractivity contribution < 1.29 is 56.7 Å². The molecule has 0 aliphatic rings. The van der Waals surface area contributed by atoms with Crippen molar-refractivity contribution in [3.8, 4) is 22.8 Å². The third kappa shape index (κ3) is 12.1. The topological polar surface area (TPSA) is 212 Å². The van der Waals surface area contributed by atoms with E-state index in [-0.39, 0.29) is 35.9 Å². The highest BCUT2D eigenvalue weighted by Gasteiger charge is 2.34. The maximum absolute atomic E-state index is 13.5. The van der Waals surface area contributed by atoms with Crippen molar-refractivity contribution in [3.05, 3.63) is 71.0 Å². The van der Waals surface area contributed by atoms with Crippen LogP contribution in [0.4, 0.5) is 0 Å². The molecule has 0 saturated heterocycles. The first-order valence-electron chi connectivity index (χ1n) is 17.1. The number of carbonyl (C=O) groups is 5. The molecule has 4 N–H and O–H groups in total. The Morgan fingerprint density at radius 2 is 1.72 bits per heavy atom. The summed E-state index contributed by atoms with van der Waals surface area (Å²) in [6, 6.07) is 11.6. The molecule has 286 valence electrons. The number of aryl methyl sites for hydroxylation is 1. The summed E-state index contributed by atoms with van der Waals surface area (Å²) >= 11 is 0. The zero-order valence-electron chi connectivity index (χ0n) is 30.3. The molecule has 17 heteroatoms. The Labute approximate surface area is 308 Å². The molecule has 53 heavy (non-hydrogen) atoms. The van der Waals surface area contributed by atoms with Gasteiger partial charge >= 0.3 is 14.2 Å². The third-order valence-corrected chi connectivity index (χ3v) is 8.52. The number of furan rings is 1. The number of carbonyl (C=O) groups excluding carboxylic acids is 5. The summed E-state index contributed by atoms with van der Waals surface area (Å²) in [5, 5.41) is 8.55. The number of amides is 4. The van der Waals surface area contributed by atoms with Gasteiger partial charge in [0.2, 0.25) is 12.3 Å². The van der Waals surface area contributed by atoms with Crippen LogP contribution in [0.5, 0.6) is 11.5 Å². The Morgan fingerprint density at radius 1 is 0.962 bits per heavy atom. The number of rotatable bonds is 22. The van der Waals surface area contributed by atoms with Gasteiger partial charge in [-0.1, -0.05) is 43.7 Å². The average Bonchev–Trinajstić information content (AvgIpc) is 3.64. The molecule has 16 nitrogen and oxygen atoms in total. The fourth-order valence-corrected chi connectivity index (χ4v) is 5.66. The molecule has 1 aromatic heterocycles. The molecule has 0 fully saturated rings. The first kappa shape index (κ1) is 42.1. The molecule has 3 unspecified atom stereocenters. The van der Waals surface area contributed by atoms with Crippen LogP contribution in [0, 0.1) is 12.8 Å². The first-order chi connectivity index (χ1) is 25.5. The molecule has 1 heterocycles. The molecule has 2 aromatic carbocycles. The molecule has 3 aromatic rings. The molecule has 4 amide bonds. The minimum Gasteiger partial charge on any atom is -0.497 e. The second-order valence-electron chi connectivity index (χ2n) is 11.7. The lowest BCUT2D eigenvalue weighted by Crippen LogP contribution is -2.49. The van der Waals surface area contributed by atoms with Crippen molar-refractivity contribution >= 4 is 38.4 Å². The Balaban J connectivity index is 1.67. The fraction of sp³-hybridized carbons (Fsp3) is 0.417. The normalized spacial score (nSPS) is 12.2. The van der Waals surface area contributed by atoms with Gasteiger partial charge in [0.15, 0.2) is 12.5 Å². The minimum atomic E-state index is -2.88. The Hall–Kier alpha value is -5.31. The molecule has 0 aliphatic carbocycles.